The highest BCUT2D eigenvalue weighted by molar-refractivity contribution is 6.34. The zero-order valence-electron chi connectivity index (χ0n) is 16.2. The maximum atomic E-state index is 12.3. The molecule has 0 saturated carbocycles. The minimum absolute atomic E-state index is 0.0341. The second-order valence-corrected chi connectivity index (χ2v) is 8.00. The molecule has 11 heteroatoms. The summed E-state index contributed by atoms with van der Waals surface area (Å²) in [6, 6.07) is 3.67. The van der Waals surface area contributed by atoms with Crippen molar-refractivity contribution in [1.82, 2.24) is 15.1 Å². The van der Waals surface area contributed by atoms with Crippen LogP contribution in [0.3, 0.4) is 0 Å². The van der Waals surface area contributed by atoms with Gasteiger partial charge >= 0.3 is 0 Å². The Labute approximate surface area is 177 Å². The van der Waals surface area contributed by atoms with E-state index in [0.29, 0.717) is 18.7 Å². The van der Waals surface area contributed by atoms with Crippen molar-refractivity contribution >= 4 is 40.5 Å². The van der Waals surface area contributed by atoms with Gasteiger partial charge in [-0.15, -0.1) is 0 Å². The number of halogens is 2. The predicted molar refractivity (Wildman–Crippen MR) is 112 cm³/mol. The minimum Gasteiger partial charge on any atom is -0.382 e. The molecule has 1 amide bonds. The summed E-state index contributed by atoms with van der Waals surface area (Å²) in [5, 5.41) is 20.8. The smallest absolute Gasteiger partial charge is 0.288 e. The normalized spacial score (nSPS) is 11.2. The van der Waals surface area contributed by atoms with Gasteiger partial charge in [0.05, 0.1) is 32.9 Å². The minimum atomic E-state index is -0.595. The van der Waals surface area contributed by atoms with Gasteiger partial charge in [-0.05, 0) is 33.3 Å². The summed E-state index contributed by atoms with van der Waals surface area (Å²) in [5.74, 6) is -0.508. The number of nitro groups is 1. The average Bonchev–Trinajstić information content (AvgIpc) is 2.63. The fourth-order valence-electron chi connectivity index (χ4n) is 2.44. The van der Waals surface area contributed by atoms with Crippen LogP contribution < -0.4 is 16.2 Å². The van der Waals surface area contributed by atoms with Crippen LogP contribution in [0.5, 0.6) is 0 Å². The number of amides is 1. The molecule has 0 aliphatic heterocycles. The van der Waals surface area contributed by atoms with Gasteiger partial charge in [0.2, 0.25) is 0 Å². The third-order valence-electron chi connectivity index (χ3n) is 3.91. The molecule has 2 aromatic rings. The zero-order valence-corrected chi connectivity index (χ0v) is 17.7. The third kappa shape index (κ3) is 5.68. The number of carbonyl (C=O) groups is 1. The number of non-ortho nitro benzene ring substituents is 1. The van der Waals surface area contributed by atoms with Gasteiger partial charge in [0, 0.05) is 25.2 Å². The molecule has 156 valence electrons. The maximum absolute atomic E-state index is 12.3. The highest BCUT2D eigenvalue weighted by Crippen LogP contribution is 2.22. The van der Waals surface area contributed by atoms with E-state index in [-0.39, 0.29) is 27.8 Å². The lowest BCUT2D eigenvalue weighted by Crippen LogP contribution is -2.36. The van der Waals surface area contributed by atoms with Crippen molar-refractivity contribution in [2.24, 2.45) is 0 Å². The van der Waals surface area contributed by atoms with Crippen molar-refractivity contribution in [3.63, 3.8) is 0 Å². The first-order valence-electron chi connectivity index (χ1n) is 8.76. The lowest BCUT2D eigenvalue weighted by atomic mass is 10.1. The predicted octanol–water partition coefficient (Wildman–Crippen LogP) is 3.45. The number of nitro benzene ring substituents is 1. The van der Waals surface area contributed by atoms with Crippen LogP contribution in [-0.4, -0.2) is 33.7 Å². The van der Waals surface area contributed by atoms with Crippen LogP contribution in [0.4, 0.5) is 11.4 Å². The summed E-state index contributed by atoms with van der Waals surface area (Å²) in [5.41, 5.74) is -0.652. The van der Waals surface area contributed by atoms with E-state index in [1.165, 1.54) is 23.0 Å². The van der Waals surface area contributed by atoms with E-state index in [2.05, 4.69) is 15.7 Å². The van der Waals surface area contributed by atoms with E-state index >= 15 is 0 Å². The Morgan fingerprint density at radius 1 is 1.28 bits per heavy atom. The Kier molecular flexibility index (Phi) is 7.21. The van der Waals surface area contributed by atoms with Crippen molar-refractivity contribution in [2.75, 3.05) is 18.4 Å². The molecule has 1 aromatic heterocycles. The molecule has 0 atom stereocenters. The molecular weight excluding hydrogens is 421 g/mol. The van der Waals surface area contributed by atoms with Gasteiger partial charge in [-0.3, -0.25) is 19.7 Å². The third-order valence-corrected chi connectivity index (χ3v) is 4.61. The van der Waals surface area contributed by atoms with Gasteiger partial charge in [-0.1, -0.05) is 23.2 Å². The summed E-state index contributed by atoms with van der Waals surface area (Å²) in [4.78, 5) is 34.7. The van der Waals surface area contributed by atoms with Crippen LogP contribution >= 0.6 is 23.2 Å². The fraction of sp³-hybridized carbons (Fsp3) is 0.389. The Hall–Kier alpha value is -2.65. The number of hydrogen-bond donors (Lipinski definition) is 2. The number of rotatable bonds is 7. The van der Waals surface area contributed by atoms with E-state index in [1.807, 2.05) is 20.8 Å². The topological polar surface area (TPSA) is 119 Å². The molecule has 2 rings (SSSR count). The largest absolute Gasteiger partial charge is 0.382 e. The average molecular weight is 442 g/mol. The van der Waals surface area contributed by atoms with E-state index < -0.39 is 21.9 Å². The van der Waals surface area contributed by atoms with Crippen molar-refractivity contribution in [2.45, 2.75) is 32.7 Å². The number of hydrogen-bond acceptors (Lipinski definition) is 6. The lowest BCUT2D eigenvalue weighted by molar-refractivity contribution is -0.384. The summed E-state index contributed by atoms with van der Waals surface area (Å²) >= 11 is 12.1. The second kappa shape index (κ2) is 9.23. The quantitative estimate of drug-likeness (QED) is 0.385. The Balaban J connectivity index is 1.90. The lowest BCUT2D eigenvalue weighted by Gasteiger charge is -2.21. The molecule has 0 aliphatic carbocycles. The van der Waals surface area contributed by atoms with Gasteiger partial charge in [-0.2, -0.15) is 5.10 Å². The molecule has 0 saturated heterocycles. The maximum Gasteiger partial charge on any atom is 0.288 e. The monoisotopic (exact) mass is 441 g/mol. The van der Waals surface area contributed by atoms with Crippen LogP contribution in [0, 0.1) is 10.1 Å². The molecule has 9 nitrogen and oxygen atoms in total. The highest BCUT2D eigenvalue weighted by Gasteiger charge is 2.19. The number of nitrogens with zero attached hydrogens (tertiary/aromatic N) is 3. The van der Waals surface area contributed by atoms with Crippen molar-refractivity contribution in [3.05, 3.63) is 60.5 Å². The fourth-order valence-corrected chi connectivity index (χ4v) is 2.84. The van der Waals surface area contributed by atoms with Gasteiger partial charge < -0.3 is 10.6 Å². The van der Waals surface area contributed by atoms with Gasteiger partial charge in [0.1, 0.15) is 5.02 Å². The van der Waals surface area contributed by atoms with E-state index in [9.17, 15) is 19.7 Å². The highest BCUT2D eigenvalue weighted by atomic mass is 35.5. The molecule has 29 heavy (non-hydrogen) atoms. The SMILES string of the molecule is CC(C)(C)n1ncc(NCCCNC(=O)c2cc([N+](=O)[O-])ccc2Cl)c(Cl)c1=O. The van der Waals surface area contributed by atoms with Gasteiger partial charge in [0.25, 0.3) is 17.2 Å². The first-order valence-corrected chi connectivity index (χ1v) is 9.52. The number of aromatic nitrogens is 2. The molecule has 0 bridgehead atoms. The summed E-state index contributed by atoms with van der Waals surface area (Å²) in [6.45, 7) is 6.25. The number of anilines is 1. The van der Waals surface area contributed by atoms with Gasteiger partial charge in [0.15, 0.2) is 0 Å². The van der Waals surface area contributed by atoms with E-state index in [1.54, 1.807) is 0 Å². The Morgan fingerprint density at radius 3 is 2.59 bits per heavy atom. The molecule has 0 unspecified atom stereocenters. The number of benzene rings is 1. The second-order valence-electron chi connectivity index (χ2n) is 7.22. The number of carbonyl (C=O) groups excluding carboxylic acids is 1. The van der Waals surface area contributed by atoms with Crippen LogP contribution in [0.15, 0.2) is 29.2 Å². The summed E-state index contributed by atoms with van der Waals surface area (Å²) in [7, 11) is 0. The first kappa shape index (κ1) is 22.6. The number of nitrogens with one attached hydrogen (secondary N) is 2. The van der Waals surface area contributed by atoms with Crippen LogP contribution in [0.25, 0.3) is 0 Å². The van der Waals surface area contributed by atoms with Gasteiger partial charge in [-0.25, -0.2) is 4.68 Å². The Bertz CT molecular complexity index is 985. The first-order chi connectivity index (χ1) is 13.5. The standard InChI is InChI=1S/C18H21Cl2N5O4/c1-18(2,3)24-17(27)15(20)14(10-23-24)21-7-4-8-22-16(26)12-9-11(25(28)29)5-6-13(12)19/h5-6,9-10,21H,4,7-8H2,1-3H3,(H,22,26). The van der Waals surface area contributed by atoms with Crippen LogP contribution in [0.2, 0.25) is 10.0 Å². The van der Waals surface area contributed by atoms with E-state index in [0.717, 1.165) is 6.07 Å². The molecule has 1 heterocycles. The molecule has 0 spiro atoms. The van der Waals surface area contributed by atoms with Crippen LogP contribution in [-0.2, 0) is 5.54 Å². The molecule has 2 N–H and O–H groups in total. The van der Waals surface area contributed by atoms with Crippen molar-refractivity contribution in [1.29, 1.82) is 0 Å². The van der Waals surface area contributed by atoms with Crippen LogP contribution in [0.1, 0.15) is 37.6 Å². The molecule has 0 radical (unpaired) electrons. The van der Waals surface area contributed by atoms with Crippen molar-refractivity contribution < 1.29 is 9.72 Å². The molecule has 0 aliphatic rings. The summed E-state index contributed by atoms with van der Waals surface area (Å²) in [6.07, 6.45) is 1.99. The zero-order chi connectivity index (χ0) is 21.8. The molecule has 0 fully saturated rings. The molecule has 1 aromatic carbocycles. The van der Waals surface area contributed by atoms with E-state index in [4.69, 9.17) is 23.2 Å². The summed E-state index contributed by atoms with van der Waals surface area (Å²) < 4.78 is 1.31. The molecular formula is C18H21Cl2N5O4. The van der Waals surface area contributed by atoms with Crippen molar-refractivity contribution in [3.8, 4) is 0 Å². The Morgan fingerprint density at radius 2 is 1.97 bits per heavy atom.